The zero-order valence-electron chi connectivity index (χ0n) is 8.96. The maximum atomic E-state index is 13.8. The van der Waals surface area contributed by atoms with Gasteiger partial charge in [0.2, 0.25) is 0 Å². The number of halogens is 2. The topological polar surface area (TPSA) is 24.9 Å². The molecule has 0 aliphatic carbocycles. The van der Waals surface area contributed by atoms with Crippen LogP contribution in [0.2, 0.25) is 5.02 Å². The van der Waals surface area contributed by atoms with Crippen molar-refractivity contribution in [2.45, 2.75) is 13.0 Å². The van der Waals surface area contributed by atoms with Crippen molar-refractivity contribution in [2.75, 3.05) is 6.54 Å². The lowest BCUT2D eigenvalue weighted by molar-refractivity contribution is 0.630. The summed E-state index contributed by atoms with van der Waals surface area (Å²) >= 11 is 7.29. The standard InChI is InChI=1S/C12H10ClFN2S/c13-7-1-2-8(9(14)5-7)12-16-10-3-4-15-6-11(10)17-12/h1-2,5,15H,3-4,6H2. The lowest BCUT2D eigenvalue weighted by Crippen LogP contribution is -2.22. The van der Waals surface area contributed by atoms with Gasteiger partial charge < -0.3 is 5.32 Å². The predicted molar refractivity (Wildman–Crippen MR) is 67.9 cm³/mol. The number of hydrogen-bond acceptors (Lipinski definition) is 3. The Morgan fingerprint density at radius 3 is 3.06 bits per heavy atom. The molecule has 0 bridgehead atoms. The molecule has 2 nitrogen and oxygen atoms in total. The third-order valence-corrected chi connectivity index (χ3v) is 4.13. The Kier molecular flexibility index (Phi) is 2.86. The lowest BCUT2D eigenvalue weighted by Gasteiger charge is -2.09. The summed E-state index contributed by atoms with van der Waals surface area (Å²) in [6.45, 7) is 1.78. The fraction of sp³-hybridized carbons (Fsp3) is 0.250. The van der Waals surface area contributed by atoms with E-state index in [0.29, 0.717) is 10.6 Å². The summed E-state index contributed by atoms with van der Waals surface area (Å²) in [7, 11) is 0. The van der Waals surface area contributed by atoms with E-state index in [4.69, 9.17) is 11.6 Å². The predicted octanol–water partition coefficient (Wildman–Crippen LogP) is 3.25. The molecule has 0 amide bonds. The van der Waals surface area contributed by atoms with Gasteiger partial charge in [-0.25, -0.2) is 9.37 Å². The second-order valence-corrected chi connectivity index (χ2v) is 5.46. The van der Waals surface area contributed by atoms with E-state index in [2.05, 4.69) is 10.3 Å². The van der Waals surface area contributed by atoms with E-state index in [1.54, 1.807) is 23.5 Å². The minimum Gasteiger partial charge on any atom is -0.311 e. The molecule has 0 atom stereocenters. The Labute approximate surface area is 107 Å². The highest BCUT2D eigenvalue weighted by molar-refractivity contribution is 7.15. The molecule has 1 aliphatic rings. The van der Waals surface area contributed by atoms with Crippen LogP contribution in [0.5, 0.6) is 0 Å². The van der Waals surface area contributed by atoms with E-state index >= 15 is 0 Å². The summed E-state index contributed by atoms with van der Waals surface area (Å²) in [4.78, 5) is 5.72. The van der Waals surface area contributed by atoms with Crippen molar-refractivity contribution < 1.29 is 4.39 Å². The summed E-state index contributed by atoms with van der Waals surface area (Å²) in [5.41, 5.74) is 1.63. The minimum atomic E-state index is -0.309. The van der Waals surface area contributed by atoms with Crippen LogP contribution in [-0.4, -0.2) is 11.5 Å². The molecule has 1 aliphatic heterocycles. The maximum Gasteiger partial charge on any atom is 0.134 e. The molecule has 0 spiro atoms. The van der Waals surface area contributed by atoms with Crippen LogP contribution in [0.15, 0.2) is 18.2 Å². The van der Waals surface area contributed by atoms with Crippen LogP contribution in [0.3, 0.4) is 0 Å². The first-order valence-electron chi connectivity index (χ1n) is 5.39. The Bertz CT molecular complexity index is 544. The van der Waals surface area contributed by atoms with Crippen molar-refractivity contribution in [2.24, 2.45) is 0 Å². The van der Waals surface area contributed by atoms with Gasteiger partial charge in [0.1, 0.15) is 10.8 Å². The first-order valence-corrected chi connectivity index (χ1v) is 6.58. The van der Waals surface area contributed by atoms with E-state index in [9.17, 15) is 4.39 Å². The monoisotopic (exact) mass is 268 g/mol. The number of fused-ring (bicyclic) bond motifs is 1. The number of hydrogen-bond donors (Lipinski definition) is 1. The van der Waals surface area contributed by atoms with Gasteiger partial charge in [0.25, 0.3) is 0 Å². The average Bonchev–Trinajstić information content (AvgIpc) is 2.72. The molecule has 0 unspecified atom stereocenters. The first-order chi connectivity index (χ1) is 8.24. The van der Waals surface area contributed by atoms with Crippen LogP contribution in [-0.2, 0) is 13.0 Å². The third kappa shape index (κ3) is 2.08. The van der Waals surface area contributed by atoms with Crippen LogP contribution >= 0.6 is 22.9 Å². The molecule has 0 radical (unpaired) electrons. The number of thiazole rings is 1. The molecule has 1 N–H and O–H groups in total. The molecule has 3 rings (SSSR count). The van der Waals surface area contributed by atoms with Crippen LogP contribution in [0, 0.1) is 5.82 Å². The number of aromatic nitrogens is 1. The highest BCUT2D eigenvalue weighted by Gasteiger charge is 2.17. The average molecular weight is 269 g/mol. The molecule has 88 valence electrons. The molecule has 2 aromatic rings. The first kappa shape index (κ1) is 11.1. The van der Waals surface area contributed by atoms with Gasteiger partial charge in [0.05, 0.1) is 5.69 Å². The Balaban J connectivity index is 2.06. The highest BCUT2D eigenvalue weighted by Crippen LogP contribution is 2.32. The molecule has 17 heavy (non-hydrogen) atoms. The SMILES string of the molecule is Fc1cc(Cl)ccc1-c1nc2c(s1)CNCC2. The zero-order valence-corrected chi connectivity index (χ0v) is 10.5. The van der Waals surface area contributed by atoms with Gasteiger partial charge in [-0.1, -0.05) is 11.6 Å². The molecular formula is C12H10ClFN2S. The van der Waals surface area contributed by atoms with Gasteiger partial charge in [0, 0.05) is 35.0 Å². The number of nitrogens with zero attached hydrogens (tertiary/aromatic N) is 1. The van der Waals surface area contributed by atoms with Gasteiger partial charge in [-0.05, 0) is 18.2 Å². The summed E-state index contributed by atoms with van der Waals surface area (Å²) in [5, 5.41) is 4.44. The molecule has 0 saturated carbocycles. The minimum absolute atomic E-state index is 0.309. The number of rotatable bonds is 1. The molecule has 0 saturated heterocycles. The van der Waals surface area contributed by atoms with E-state index in [1.807, 2.05) is 0 Å². The van der Waals surface area contributed by atoms with Gasteiger partial charge in [-0.2, -0.15) is 0 Å². The largest absolute Gasteiger partial charge is 0.311 e. The van der Waals surface area contributed by atoms with Crippen LogP contribution in [0.1, 0.15) is 10.6 Å². The van der Waals surface area contributed by atoms with E-state index < -0.39 is 0 Å². The van der Waals surface area contributed by atoms with E-state index in [-0.39, 0.29) is 5.82 Å². The Morgan fingerprint density at radius 2 is 2.29 bits per heavy atom. The number of nitrogens with one attached hydrogen (secondary N) is 1. The number of benzene rings is 1. The summed E-state index contributed by atoms with van der Waals surface area (Å²) in [6.07, 6.45) is 0.918. The second-order valence-electron chi connectivity index (χ2n) is 3.94. The zero-order chi connectivity index (χ0) is 11.8. The highest BCUT2D eigenvalue weighted by atomic mass is 35.5. The van der Waals surface area contributed by atoms with Crippen molar-refractivity contribution in [1.29, 1.82) is 0 Å². The van der Waals surface area contributed by atoms with E-state index in [0.717, 1.165) is 30.2 Å². The van der Waals surface area contributed by atoms with Crippen LogP contribution < -0.4 is 5.32 Å². The molecule has 0 fully saturated rings. The molecule has 1 aromatic heterocycles. The third-order valence-electron chi connectivity index (χ3n) is 2.76. The fourth-order valence-electron chi connectivity index (χ4n) is 1.90. The van der Waals surface area contributed by atoms with Crippen molar-refractivity contribution in [1.82, 2.24) is 10.3 Å². The molecule has 1 aromatic carbocycles. The van der Waals surface area contributed by atoms with Crippen molar-refractivity contribution in [3.8, 4) is 10.6 Å². The van der Waals surface area contributed by atoms with Gasteiger partial charge >= 0.3 is 0 Å². The van der Waals surface area contributed by atoms with Crippen molar-refractivity contribution in [3.63, 3.8) is 0 Å². The second kappa shape index (κ2) is 4.37. The summed E-state index contributed by atoms with van der Waals surface area (Å²) < 4.78 is 13.8. The maximum absolute atomic E-state index is 13.8. The summed E-state index contributed by atoms with van der Waals surface area (Å²) in [5.74, 6) is -0.309. The molecule has 2 heterocycles. The smallest absolute Gasteiger partial charge is 0.134 e. The normalized spacial score (nSPS) is 14.7. The summed E-state index contributed by atoms with van der Waals surface area (Å²) in [6, 6.07) is 4.71. The lowest BCUT2D eigenvalue weighted by atomic mass is 10.2. The Morgan fingerprint density at radius 1 is 1.41 bits per heavy atom. The van der Waals surface area contributed by atoms with Crippen LogP contribution in [0.25, 0.3) is 10.6 Å². The van der Waals surface area contributed by atoms with Crippen molar-refractivity contribution in [3.05, 3.63) is 39.6 Å². The van der Waals surface area contributed by atoms with Crippen LogP contribution in [0.4, 0.5) is 4.39 Å². The van der Waals surface area contributed by atoms with Crippen molar-refractivity contribution >= 4 is 22.9 Å². The fourth-order valence-corrected chi connectivity index (χ4v) is 3.17. The van der Waals surface area contributed by atoms with E-state index in [1.165, 1.54) is 10.9 Å². The molecule has 5 heteroatoms. The van der Waals surface area contributed by atoms with Gasteiger partial charge in [0.15, 0.2) is 0 Å². The Hall–Kier alpha value is -0.970. The quantitative estimate of drug-likeness (QED) is 0.859. The molecular weight excluding hydrogens is 259 g/mol. The van der Waals surface area contributed by atoms with Gasteiger partial charge in [-0.3, -0.25) is 0 Å². The van der Waals surface area contributed by atoms with Gasteiger partial charge in [-0.15, -0.1) is 11.3 Å².